The smallest absolute Gasteiger partial charge is 0.119 e. The van der Waals surface area contributed by atoms with Gasteiger partial charge in [0.05, 0.1) is 13.2 Å². The fourth-order valence-corrected chi connectivity index (χ4v) is 2.27. The molecule has 0 bridgehead atoms. The summed E-state index contributed by atoms with van der Waals surface area (Å²) in [4.78, 5) is 0. The van der Waals surface area contributed by atoms with Gasteiger partial charge in [-0.3, -0.25) is 0 Å². The molecule has 2 rings (SSSR count). The Balaban J connectivity index is 1.73. The second-order valence-electron chi connectivity index (χ2n) is 5.77. The first-order chi connectivity index (χ1) is 12.3. The summed E-state index contributed by atoms with van der Waals surface area (Å²) in [6.07, 6.45) is 2.24. The van der Waals surface area contributed by atoms with Gasteiger partial charge in [0.1, 0.15) is 18.1 Å². The van der Waals surface area contributed by atoms with Crippen LogP contribution >= 0.6 is 0 Å². The Hall–Kier alpha value is -2.20. The van der Waals surface area contributed by atoms with Crippen molar-refractivity contribution < 1.29 is 14.2 Å². The Morgan fingerprint density at radius 1 is 0.760 bits per heavy atom. The third-order valence-corrected chi connectivity index (χ3v) is 3.74. The molecule has 0 fully saturated rings. The molecule has 1 N–H and O–H groups in total. The summed E-state index contributed by atoms with van der Waals surface area (Å²) in [5, 5.41) is 3.42. The Bertz CT molecular complexity index is 581. The maximum Gasteiger partial charge on any atom is 0.119 e. The number of nitrogens with one attached hydrogen (secondary N) is 1. The van der Waals surface area contributed by atoms with Crippen molar-refractivity contribution >= 4 is 5.69 Å². The van der Waals surface area contributed by atoms with Crippen molar-refractivity contribution in [3.8, 4) is 11.5 Å². The van der Waals surface area contributed by atoms with E-state index < -0.39 is 0 Å². The maximum absolute atomic E-state index is 5.68. The lowest BCUT2D eigenvalue weighted by molar-refractivity contribution is 0.110. The Labute approximate surface area is 151 Å². The van der Waals surface area contributed by atoms with Crippen LogP contribution in [-0.4, -0.2) is 26.4 Å². The molecule has 4 heteroatoms. The van der Waals surface area contributed by atoms with Crippen LogP contribution < -0.4 is 14.8 Å². The van der Waals surface area contributed by atoms with E-state index in [4.69, 9.17) is 14.2 Å². The molecular formula is C21H29NO3. The summed E-state index contributed by atoms with van der Waals surface area (Å²) in [6, 6.07) is 16.2. The third kappa shape index (κ3) is 7.48. The number of anilines is 1. The van der Waals surface area contributed by atoms with E-state index in [1.54, 1.807) is 0 Å². The van der Waals surface area contributed by atoms with Gasteiger partial charge in [-0.1, -0.05) is 25.5 Å². The van der Waals surface area contributed by atoms with Crippen LogP contribution in [0.25, 0.3) is 0 Å². The molecule has 0 heterocycles. The largest absolute Gasteiger partial charge is 0.494 e. The van der Waals surface area contributed by atoms with Gasteiger partial charge in [0, 0.05) is 18.8 Å². The minimum atomic E-state index is 0.577. The Kier molecular flexibility index (Phi) is 8.70. The van der Waals surface area contributed by atoms with Crippen LogP contribution in [0.3, 0.4) is 0 Å². The first kappa shape index (κ1) is 19.1. The van der Waals surface area contributed by atoms with E-state index in [0.29, 0.717) is 13.2 Å². The van der Waals surface area contributed by atoms with Crippen molar-refractivity contribution in [2.45, 2.75) is 33.2 Å². The number of rotatable bonds is 12. The molecule has 25 heavy (non-hydrogen) atoms. The van der Waals surface area contributed by atoms with E-state index in [1.165, 1.54) is 5.56 Å². The first-order valence-corrected chi connectivity index (χ1v) is 9.08. The molecule has 0 aliphatic heterocycles. The average molecular weight is 343 g/mol. The summed E-state index contributed by atoms with van der Waals surface area (Å²) < 4.78 is 16.6. The highest BCUT2D eigenvalue weighted by Gasteiger charge is 1.98. The highest BCUT2D eigenvalue weighted by atomic mass is 16.5. The molecule has 2 aromatic carbocycles. The number of ether oxygens (including phenoxy) is 3. The summed E-state index contributed by atoms with van der Waals surface area (Å²) in [7, 11) is 0. The lowest BCUT2D eigenvalue weighted by Gasteiger charge is -2.10. The second kappa shape index (κ2) is 11.4. The molecule has 4 nitrogen and oxygen atoms in total. The zero-order valence-corrected chi connectivity index (χ0v) is 15.3. The predicted octanol–water partition coefficient (Wildman–Crippen LogP) is 4.89. The lowest BCUT2D eigenvalue weighted by atomic mass is 10.2. The Morgan fingerprint density at radius 2 is 1.40 bits per heavy atom. The fourth-order valence-electron chi connectivity index (χ4n) is 2.27. The van der Waals surface area contributed by atoms with Gasteiger partial charge >= 0.3 is 0 Å². The van der Waals surface area contributed by atoms with Crippen molar-refractivity contribution in [3.63, 3.8) is 0 Å². The maximum atomic E-state index is 5.68. The van der Waals surface area contributed by atoms with Crippen molar-refractivity contribution in [2.75, 3.05) is 31.7 Å². The normalized spacial score (nSPS) is 10.5. The van der Waals surface area contributed by atoms with Crippen molar-refractivity contribution in [3.05, 3.63) is 54.1 Å². The van der Waals surface area contributed by atoms with E-state index in [2.05, 4.69) is 24.4 Å². The number of benzene rings is 2. The molecule has 0 saturated carbocycles. The van der Waals surface area contributed by atoms with Gasteiger partial charge < -0.3 is 19.5 Å². The SMILES string of the molecule is CCCCOc1ccc(CNc2ccc(OCCOCC)cc2)cc1. The van der Waals surface area contributed by atoms with E-state index in [-0.39, 0.29) is 0 Å². The van der Waals surface area contributed by atoms with Gasteiger partial charge in [0.25, 0.3) is 0 Å². The topological polar surface area (TPSA) is 39.7 Å². The minimum Gasteiger partial charge on any atom is -0.494 e. The summed E-state index contributed by atoms with van der Waals surface area (Å²) in [6.45, 7) is 7.62. The van der Waals surface area contributed by atoms with E-state index in [1.807, 2.05) is 43.3 Å². The van der Waals surface area contributed by atoms with E-state index in [9.17, 15) is 0 Å². The molecule has 0 amide bonds. The molecule has 0 aliphatic rings. The van der Waals surface area contributed by atoms with Gasteiger partial charge in [-0.2, -0.15) is 0 Å². The van der Waals surface area contributed by atoms with E-state index in [0.717, 1.165) is 49.8 Å². The Morgan fingerprint density at radius 3 is 2.04 bits per heavy atom. The van der Waals surface area contributed by atoms with Crippen molar-refractivity contribution in [2.24, 2.45) is 0 Å². The minimum absolute atomic E-state index is 0.577. The van der Waals surface area contributed by atoms with Crippen LogP contribution in [-0.2, 0) is 11.3 Å². The molecule has 136 valence electrons. The number of unbranched alkanes of at least 4 members (excludes halogenated alkanes) is 1. The zero-order valence-electron chi connectivity index (χ0n) is 15.3. The molecule has 0 radical (unpaired) electrons. The van der Waals surface area contributed by atoms with Gasteiger partial charge in [0.2, 0.25) is 0 Å². The van der Waals surface area contributed by atoms with Gasteiger partial charge in [0.15, 0.2) is 0 Å². The summed E-state index contributed by atoms with van der Waals surface area (Å²) in [5.74, 6) is 1.80. The molecule has 0 unspecified atom stereocenters. The van der Waals surface area contributed by atoms with Gasteiger partial charge in [-0.05, 0) is 55.3 Å². The molecule has 2 aromatic rings. The van der Waals surface area contributed by atoms with Crippen LogP contribution in [0.1, 0.15) is 32.3 Å². The highest BCUT2D eigenvalue weighted by molar-refractivity contribution is 5.47. The van der Waals surface area contributed by atoms with Crippen LogP contribution in [0.5, 0.6) is 11.5 Å². The monoisotopic (exact) mass is 343 g/mol. The van der Waals surface area contributed by atoms with Gasteiger partial charge in [-0.15, -0.1) is 0 Å². The van der Waals surface area contributed by atoms with E-state index >= 15 is 0 Å². The van der Waals surface area contributed by atoms with Crippen LogP contribution in [0, 0.1) is 0 Å². The second-order valence-corrected chi connectivity index (χ2v) is 5.77. The summed E-state index contributed by atoms with van der Waals surface area (Å²) in [5.41, 5.74) is 2.29. The standard InChI is InChI=1S/C21H29NO3/c1-3-5-14-24-20-10-6-18(7-11-20)17-22-19-8-12-21(13-9-19)25-16-15-23-4-2/h6-13,22H,3-5,14-17H2,1-2H3. The van der Waals surface area contributed by atoms with Crippen LogP contribution in [0.15, 0.2) is 48.5 Å². The van der Waals surface area contributed by atoms with Crippen molar-refractivity contribution in [1.29, 1.82) is 0 Å². The average Bonchev–Trinajstić information content (AvgIpc) is 2.66. The van der Waals surface area contributed by atoms with Crippen molar-refractivity contribution in [1.82, 2.24) is 0 Å². The molecule has 0 aliphatic carbocycles. The fraction of sp³-hybridized carbons (Fsp3) is 0.429. The molecule has 0 aromatic heterocycles. The number of hydrogen-bond donors (Lipinski definition) is 1. The summed E-state index contributed by atoms with van der Waals surface area (Å²) >= 11 is 0. The third-order valence-electron chi connectivity index (χ3n) is 3.74. The number of hydrogen-bond acceptors (Lipinski definition) is 4. The van der Waals surface area contributed by atoms with Crippen LogP contribution in [0.4, 0.5) is 5.69 Å². The highest BCUT2D eigenvalue weighted by Crippen LogP contribution is 2.17. The molecule has 0 spiro atoms. The lowest BCUT2D eigenvalue weighted by Crippen LogP contribution is -2.06. The molecule has 0 atom stereocenters. The van der Waals surface area contributed by atoms with Crippen LogP contribution in [0.2, 0.25) is 0 Å². The first-order valence-electron chi connectivity index (χ1n) is 9.08. The molecule has 0 saturated heterocycles. The quantitative estimate of drug-likeness (QED) is 0.557. The molecular weight excluding hydrogens is 314 g/mol. The zero-order chi connectivity index (χ0) is 17.7. The predicted molar refractivity (Wildman–Crippen MR) is 103 cm³/mol. The van der Waals surface area contributed by atoms with Gasteiger partial charge in [-0.25, -0.2) is 0 Å².